The predicted molar refractivity (Wildman–Crippen MR) is 92.7 cm³/mol. The van der Waals surface area contributed by atoms with Crippen molar-refractivity contribution < 1.29 is 9.53 Å². The maximum absolute atomic E-state index is 11.7. The summed E-state index contributed by atoms with van der Waals surface area (Å²) in [4.78, 5) is 11.7. The van der Waals surface area contributed by atoms with Crippen LogP contribution >= 0.6 is 0 Å². The minimum Gasteiger partial charge on any atom is -0.494 e. The van der Waals surface area contributed by atoms with Crippen molar-refractivity contribution in [2.24, 2.45) is 0 Å². The van der Waals surface area contributed by atoms with Crippen LogP contribution in [0.1, 0.15) is 23.1 Å². The molecule has 4 nitrogen and oxygen atoms in total. The molecule has 0 unspecified atom stereocenters. The van der Waals surface area contributed by atoms with Gasteiger partial charge >= 0.3 is 6.03 Å². The van der Waals surface area contributed by atoms with Gasteiger partial charge in [0.25, 0.3) is 0 Å². The summed E-state index contributed by atoms with van der Waals surface area (Å²) in [5.74, 6) is 0.861. The summed E-state index contributed by atoms with van der Waals surface area (Å²) in [6, 6.07) is 15.9. The Labute approximate surface area is 137 Å². The Morgan fingerprint density at radius 2 is 1.52 bits per heavy atom. The van der Waals surface area contributed by atoms with Gasteiger partial charge in [-0.1, -0.05) is 47.5 Å². The molecule has 2 aromatic rings. The van der Waals surface area contributed by atoms with E-state index in [4.69, 9.17) is 4.74 Å². The Hall–Kier alpha value is -2.49. The zero-order valence-corrected chi connectivity index (χ0v) is 13.8. The Morgan fingerprint density at radius 1 is 0.913 bits per heavy atom. The van der Waals surface area contributed by atoms with E-state index in [2.05, 4.69) is 10.6 Å². The van der Waals surface area contributed by atoms with E-state index in [1.165, 1.54) is 11.1 Å². The third-order valence-electron chi connectivity index (χ3n) is 3.47. The number of hydrogen-bond donors (Lipinski definition) is 2. The van der Waals surface area contributed by atoms with Gasteiger partial charge in [0.05, 0.1) is 6.61 Å². The maximum atomic E-state index is 11.7. The van der Waals surface area contributed by atoms with Gasteiger partial charge in [-0.05, 0) is 38.0 Å². The summed E-state index contributed by atoms with van der Waals surface area (Å²) >= 11 is 0. The Bertz CT molecular complexity index is 606. The van der Waals surface area contributed by atoms with Crippen LogP contribution in [0.3, 0.4) is 0 Å². The molecule has 0 heterocycles. The first-order valence-electron chi connectivity index (χ1n) is 7.90. The van der Waals surface area contributed by atoms with E-state index in [0.717, 1.165) is 17.7 Å². The molecule has 0 atom stereocenters. The van der Waals surface area contributed by atoms with E-state index in [-0.39, 0.29) is 6.03 Å². The molecule has 122 valence electrons. The van der Waals surface area contributed by atoms with Crippen molar-refractivity contribution in [1.82, 2.24) is 10.6 Å². The van der Waals surface area contributed by atoms with Gasteiger partial charge in [-0.2, -0.15) is 0 Å². The average molecular weight is 312 g/mol. The number of benzene rings is 2. The standard InChI is InChI=1S/C19H24N2O2/c1-15-4-8-17(9-5-15)14-21-19(22)20-12-3-13-23-18-10-6-16(2)7-11-18/h4-11H,3,12-14H2,1-2H3,(H2,20,21,22). The molecule has 0 saturated carbocycles. The molecule has 0 aromatic heterocycles. The molecule has 2 aromatic carbocycles. The SMILES string of the molecule is Cc1ccc(CNC(=O)NCCCOc2ccc(C)cc2)cc1. The third kappa shape index (κ3) is 6.43. The number of carbonyl (C=O) groups excluding carboxylic acids is 1. The lowest BCUT2D eigenvalue weighted by atomic mass is 10.1. The predicted octanol–water partition coefficient (Wildman–Crippen LogP) is 3.57. The van der Waals surface area contributed by atoms with Crippen molar-refractivity contribution in [2.75, 3.05) is 13.2 Å². The highest BCUT2D eigenvalue weighted by Crippen LogP contribution is 2.11. The lowest BCUT2D eigenvalue weighted by Gasteiger charge is -2.09. The molecule has 0 radical (unpaired) electrons. The van der Waals surface area contributed by atoms with Gasteiger partial charge in [0.1, 0.15) is 5.75 Å². The fourth-order valence-electron chi connectivity index (χ4n) is 2.05. The average Bonchev–Trinajstić information content (AvgIpc) is 2.56. The first-order chi connectivity index (χ1) is 11.1. The molecule has 2 rings (SSSR count). The number of amides is 2. The highest BCUT2D eigenvalue weighted by molar-refractivity contribution is 5.73. The molecule has 0 aliphatic carbocycles. The number of nitrogens with one attached hydrogen (secondary N) is 2. The van der Waals surface area contributed by atoms with Crippen LogP contribution in [-0.4, -0.2) is 19.2 Å². The van der Waals surface area contributed by atoms with Gasteiger partial charge in [0.15, 0.2) is 0 Å². The third-order valence-corrected chi connectivity index (χ3v) is 3.47. The molecule has 0 aliphatic heterocycles. The normalized spacial score (nSPS) is 10.2. The van der Waals surface area contributed by atoms with Gasteiger partial charge in [0, 0.05) is 13.1 Å². The molecule has 0 fully saturated rings. The van der Waals surface area contributed by atoms with E-state index < -0.39 is 0 Å². The van der Waals surface area contributed by atoms with E-state index in [1.54, 1.807) is 0 Å². The second-order valence-electron chi connectivity index (χ2n) is 5.61. The molecule has 0 aliphatic rings. The minimum atomic E-state index is -0.152. The Morgan fingerprint density at radius 3 is 2.17 bits per heavy atom. The van der Waals surface area contributed by atoms with Crippen LogP contribution in [0.5, 0.6) is 5.75 Å². The number of rotatable bonds is 7. The molecule has 2 N–H and O–H groups in total. The van der Waals surface area contributed by atoms with Crippen LogP contribution in [0.15, 0.2) is 48.5 Å². The molecule has 0 bridgehead atoms. The van der Waals surface area contributed by atoms with Crippen LogP contribution in [0, 0.1) is 13.8 Å². The number of carbonyl (C=O) groups is 1. The van der Waals surface area contributed by atoms with Crippen molar-refractivity contribution in [3.8, 4) is 5.75 Å². The van der Waals surface area contributed by atoms with Crippen molar-refractivity contribution in [1.29, 1.82) is 0 Å². The van der Waals surface area contributed by atoms with Crippen molar-refractivity contribution in [3.05, 3.63) is 65.2 Å². The van der Waals surface area contributed by atoms with Gasteiger partial charge in [0.2, 0.25) is 0 Å². The molecular formula is C19H24N2O2. The lowest BCUT2D eigenvalue weighted by molar-refractivity contribution is 0.238. The second-order valence-corrected chi connectivity index (χ2v) is 5.61. The monoisotopic (exact) mass is 312 g/mol. The Kier molecular flexibility index (Phi) is 6.48. The zero-order chi connectivity index (χ0) is 16.5. The van der Waals surface area contributed by atoms with Crippen LogP contribution in [-0.2, 0) is 6.54 Å². The summed E-state index contributed by atoms with van der Waals surface area (Å²) in [6.45, 7) is 5.80. The van der Waals surface area contributed by atoms with Crippen LogP contribution in [0.2, 0.25) is 0 Å². The number of hydrogen-bond acceptors (Lipinski definition) is 2. The second kappa shape index (κ2) is 8.83. The van der Waals surface area contributed by atoms with Gasteiger partial charge in [-0.15, -0.1) is 0 Å². The van der Waals surface area contributed by atoms with E-state index >= 15 is 0 Å². The highest BCUT2D eigenvalue weighted by Gasteiger charge is 2.00. The van der Waals surface area contributed by atoms with Crippen LogP contribution in [0.4, 0.5) is 4.79 Å². The van der Waals surface area contributed by atoms with Gasteiger partial charge in [-0.25, -0.2) is 4.79 Å². The summed E-state index contributed by atoms with van der Waals surface area (Å²) in [6.07, 6.45) is 0.770. The largest absolute Gasteiger partial charge is 0.494 e. The van der Waals surface area contributed by atoms with E-state index in [0.29, 0.717) is 19.7 Å². The van der Waals surface area contributed by atoms with Crippen LogP contribution < -0.4 is 15.4 Å². The van der Waals surface area contributed by atoms with Crippen molar-refractivity contribution >= 4 is 6.03 Å². The number of ether oxygens (including phenoxy) is 1. The molecule has 0 saturated heterocycles. The molecular weight excluding hydrogens is 288 g/mol. The van der Waals surface area contributed by atoms with Crippen LogP contribution in [0.25, 0.3) is 0 Å². The van der Waals surface area contributed by atoms with E-state index in [1.807, 2.05) is 62.4 Å². The first-order valence-corrected chi connectivity index (χ1v) is 7.90. The number of urea groups is 1. The smallest absolute Gasteiger partial charge is 0.315 e. The molecule has 23 heavy (non-hydrogen) atoms. The van der Waals surface area contributed by atoms with Crippen molar-refractivity contribution in [3.63, 3.8) is 0 Å². The summed E-state index contributed by atoms with van der Waals surface area (Å²) < 4.78 is 5.61. The topological polar surface area (TPSA) is 50.4 Å². The summed E-state index contributed by atoms with van der Waals surface area (Å²) in [5, 5.41) is 5.67. The zero-order valence-electron chi connectivity index (χ0n) is 13.8. The summed E-state index contributed by atoms with van der Waals surface area (Å²) in [7, 11) is 0. The number of aryl methyl sites for hydroxylation is 2. The highest BCUT2D eigenvalue weighted by atomic mass is 16.5. The van der Waals surface area contributed by atoms with Gasteiger partial charge < -0.3 is 15.4 Å². The van der Waals surface area contributed by atoms with Gasteiger partial charge in [-0.3, -0.25) is 0 Å². The fourth-order valence-corrected chi connectivity index (χ4v) is 2.05. The maximum Gasteiger partial charge on any atom is 0.315 e. The fraction of sp³-hybridized carbons (Fsp3) is 0.316. The summed E-state index contributed by atoms with van der Waals surface area (Å²) in [5.41, 5.74) is 3.52. The quantitative estimate of drug-likeness (QED) is 0.768. The van der Waals surface area contributed by atoms with E-state index in [9.17, 15) is 4.79 Å². The lowest BCUT2D eigenvalue weighted by Crippen LogP contribution is -2.35. The van der Waals surface area contributed by atoms with Crippen molar-refractivity contribution in [2.45, 2.75) is 26.8 Å². The molecule has 0 spiro atoms. The molecule has 2 amide bonds. The Balaban J connectivity index is 1.56. The first kappa shape index (κ1) is 16.9. The molecule has 4 heteroatoms. The minimum absolute atomic E-state index is 0.152.